The van der Waals surface area contributed by atoms with E-state index in [4.69, 9.17) is 0 Å². The normalized spacial score (nSPS) is 24.3. The van der Waals surface area contributed by atoms with Gasteiger partial charge in [-0.25, -0.2) is 4.98 Å². The molecule has 2 aromatic rings. The van der Waals surface area contributed by atoms with Gasteiger partial charge in [-0.2, -0.15) is 0 Å². The first-order chi connectivity index (χ1) is 11.2. The first kappa shape index (κ1) is 20.6. The van der Waals surface area contributed by atoms with Crippen molar-refractivity contribution in [2.24, 2.45) is 0 Å². The van der Waals surface area contributed by atoms with E-state index in [2.05, 4.69) is 21.7 Å². The van der Waals surface area contributed by atoms with Crippen molar-refractivity contribution in [3.8, 4) is 9.88 Å². The van der Waals surface area contributed by atoms with Crippen LogP contribution in [0.2, 0.25) is 0 Å². The van der Waals surface area contributed by atoms with Gasteiger partial charge in [0, 0.05) is 30.6 Å². The number of thiazole rings is 1. The summed E-state index contributed by atoms with van der Waals surface area (Å²) in [4.78, 5) is 20.4. The second kappa shape index (κ2) is 8.82. The first-order valence-electron chi connectivity index (χ1n) is 8.19. The molecule has 2 aliphatic rings. The summed E-state index contributed by atoms with van der Waals surface area (Å²) < 4.78 is 0. The molecule has 0 radical (unpaired) electrons. The van der Waals surface area contributed by atoms with Gasteiger partial charge in [0.1, 0.15) is 5.01 Å². The lowest BCUT2D eigenvalue weighted by atomic mass is 9.98. The van der Waals surface area contributed by atoms with E-state index in [0.717, 1.165) is 23.5 Å². The number of hydrogen-bond acceptors (Lipinski definition) is 5. The van der Waals surface area contributed by atoms with Crippen molar-refractivity contribution >= 4 is 53.4 Å². The Bertz CT molecular complexity index is 680. The van der Waals surface area contributed by atoms with Crippen LogP contribution >= 0.6 is 47.5 Å². The van der Waals surface area contributed by atoms with E-state index < -0.39 is 0 Å². The van der Waals surface area contributed by atoms with Gasteiger partial charge in [-0.15, -0.1) is 47.5 Å². The van der Waals surface area contributed by atoms with Gasteiger partial charge in [-0.05, 0) is 37.1 Å². The lowest BCUT2D eigenvalue weighted by Gasteiger charge is -2.35. The number of hydrogen-bond donors (Lipinski definition) is 1. The third-order valence-corrected chi connectivity index (χ3v) is 6.94. The Hall–Kier alpha value is -0.660. The van der Waals surface area contributed by atoms with E-state index in [9.17, 15) is 4.79 Å². The highest BCUT2D eigenvalue weighted by atomic mass is 35.5. The van der Waals surface area contributed by atoms with Crippen LogP contribution < -0.4 is 5.32 Å². The number of amides is 1. The molecule has 2 unspecified atom stereocenters. The average Bonchev–Trinajstić information content (AvgIpc) is 3.27. The summed E-state index contributed by atoms with van der Waals surface area (Å²) in [6.07, 6.45) is 5.13. The Morgan fingerprint density at radius 2 is 2.00 bits per heavy atom. The van der Waals surface area contributed by atoms with Gasteiger partial charge in [-0.1, -0.05) is 6.07 Å². The zero-order valence-corrected chi connectivity index (χ0v) is 17.3. The lowest BCUT2D eigenvalue weighted by Crippen LogP contribution is -2.49. The minimum absolute atomic E-state index is 0. The van der Waals surface area contributed by atoms with Crippen molar-refractivity contribution in [2.75, 3.05) is 7.05 Å². The van der Waals surface area contributed by atoms with Crippen molar-refractivity contribution in [2.45, 2.75) is 50.2 Å². The number of rotatable bonds is 4. The molecule has 0 aromatic carbocycles. The highest BCUT2D eigenvalue weighted by Crippen LogP contribution is 2.30. The Kier molecular flexibility index (Phi) is 7.29. The fraction of sp³-hybridized carbons (Fsp3) is 0.529. The molecule has 1 amide bonds. The van der Waals surface area contributed by atoms with Crippen molar-refractivity contribution in [3.05, 3.63) is 28.6 Å². The second-order valence-corrected chi connectivity index (χ2v) is 8.37. The molecule has 2 aromatic heterocycles. The highest BCUT2D eigenvalue weighted by Gasteiger charge is 2.36. The quantitative estimate of drug-likeness (QED) is 0.813. The summed E-state index contributed by atoms with van der Waals surface area (Å²) in [6, 6.07) is 5.71. The summed E-state index contributed by atoms with van der Waals surface area (Å²) in [5, 5.41) is 8.73. The van der Waals surface area contributed by atoms with Gasteiger partial charge in [-0.3, -0.25) is 4.79 Å². The van der Waals surface area contributed by atoms with Crippen LogP contribution in [0.25, 0.3) is 9.88 Å². The molecule has 25 heavy (non-hydrogen) atoms. The van der Waals surface area contributed by atoms with Crippen molar-refractivity contribution < 1.29 is 4.79 Å². The number of piperidine rings is 1. The fourth-order valence-corrected chi connectivity index (χ4v) is 5.36. The number of halogens is 2. The molecule has 0 saturated carbocycles. The van der Waals surface area contributed by atoms with E-state index in [1.54, 1.807) is 22.7 Å². The number of carbonyl (C=O) groups excluding carboxylic acids is 1. The number of nitrogens with one attached hydrogen (secondary N) is 1. The molecule has 0 aliphatic carbocycles. The summed E-state index contributed by atoms with van der Waals surface area (Å²) >= 11 is 3.32. The predicted octanol–water partition coefficient (Wildman–Crippen LogP) is 4.00. The molecule has 4 rings (SSSR count). The third-order valence-electron chi connectivity index (χ3n) is 5.01. The molecule has 2 atom stereocenters. The highest BCUT2D eigenvalue weighted by molar-refractivity contribution is 7.20. The number of aromatic nitrogens is 1. The number of thiophene rings is 1. The SMILES string of the molecule is CN(C(=O)Cc1csc(-c2cccs2)n1)C1CC2CCC(C1)N2.Cl.Cl. The molecule has 2 saturated heterocycles. The smallest absolute Gasteiger partial charge is 0.228 e. The van der Waals surface area contributed by atoms with Crippen LogP contribution in [-0.2, 0) is 11.2 Å². The molecule has 2 bridgehead atoms. The number of nitrogens with zero attached hydrogens (tertiary/aromatic N) is 2. The zero-order chi connectivity index (χ0) is 15.8. The Balaban J connectivity index is 0.00000113. The summed E-state index contributed by atoms with van der Waals surface area (Å²) in [5.41, 5.74) is 0.896. The predicted molar refractivity (Wildman–Crippen MR) is 109 cm³/mol. The van der Waals surface area contributed by atoms with E-state index in [1.165, 1.54) is 17.7 Å². The summed E-state index contributed by atoms with van der Waals surface area (Å²) in [7, 11) is 1.96. The molecule has 0 spiro atoms. The fourth-order valence-electron chi connectivity index (χ4n) is 3.73. The van der Waals surface area contributed by atoms with Gasteiger partial charge < -0.3 is 10.2 Å². The Labute approximate surface area is 168 Å². The molecular weight excluding hydrogens is 397 g/mol. The standard InChI is InChI=1S/C17H21N3OS2.2ClH/c1-20(14-7-11-4-5-12(8-14)18-11)16(21)9-13-10-23-17(19-13)15-3-2-6-22-15;;/h2-3,6,10-12,14,18H,4-5,7-9H2,1H3;2*1H. The number of likely N-dealkylation sites (N-methyl/N-ethyl adjacent to an activating group) is 1. The Morgan fingerprint density at radius 3 is 2.64 bits per heavy atom. The number of carbonyl (C=O) groups is 1. The molecule has 2 fully saturated rings. The topological polar surface area (TPSA) is 45.2 Å². The van der Waals surface area contributed by atoms with E-state index in [1.807, 2.05) is 23.4 Å². The van der Waals surface area contributed by atoms with Gasteiger partial charge >= 0.3 is 0 Å². The molecule has 4 nitrogen and oxygen atoms in total. The Morgan fingerprint density at radius 1 is 1.28 bits per heavy atom. The number of fused-ring (bicyclic) bond motifs is 2. The molecular formula is C17H23Cl2N3OS2. The van der Waals surface area contributed by atoms with E-state index >= 15 is 0 Å². The van der Waals surface area contributed by atoms with Crippen molar-refractivity contribution in [1.82, 2.24) is 15.2 Å². The lowest BCUT2D eigenvalue weighted by molar-refractivity contribution is -0.132. The summed E-state index contributed by atoms with van der Waals surface area (Å²) in [6.45, 7) is 0. The van der Waals surface area contributed by atoms with Crippen molar-refractivity contribution in [3.63, 3.8) is 0 Å². The van der Waals surface area contributed by atoms with Crippen molar-refractivity contribution in [1.29, 1.82) is 0 Å². The molecule has 138 valence electrons. The second-order valence-electron chi connectivity index (χ2n) is 6.57. The van der Waals surface area contributed by atoms with Gasteiger partial charge in [0.15, 0.2) is 0 Å². The van der Waals surface area contributed by atoms with E-state index in [0.29, 0.717) is 24.5 Å². The molecule has 8 heteroatoms. The maximum atomic E-state index is 12.6. The maximum absolute atomic E-state index is 12.6. The van der Waals surface area contributed by atoms with Gasteiger partial charge in [0.25, 0.3) is 0 Å². The monoisotopic (exact) mass is 419 g/mol. The van der Waals surface area contributed by atoms with Gasteiger partial charge in [0.2, 0.25) is 5.91 Å². The zero-order valence-electron chi connectivity index (χ0n) is 14.0. The van der Waals surface area contributed by atoms with Crippen LogP contribution in [0.15, 0.2) is 22.9 Å². The third kappa shape index (κ3) is 4.55. The van der Waals surface area contributed by atoms with Crippen LogP contribution in [0.5, 0.6) is 0 Å². The average molecular weight is 420 g/mol. The molecule has 4 heterocycles. The van der Waals surface area contributed by atoms with Crippen LogP contribution in [0.3, 0.4) is 0 Å². The largest absolute Gasteiger partial charge is 0.342 e. The van der Waals surface area contributed by atoms with Crippen LogP contribution in [0.4, 0.5) is 0 Å². The minimum atomic E-state index is 0. The van der Waals surface area contributed by atoms with Crippen LogP contribution in [-0.4, -0.2) is 41.0 Å². The van der Waals surface area contributed by atoms with Crippen LogP contribution in [0, 0.1) is 0 Å². The minimum Gasteiger partial charge on any atom is -0.342 e. The van der Waals surface area contributed by atoms with Crippen LogP contribution in [0.1, 0.15) is 31.4 Å². The molecule has 1 N–H and O–H groups in total. The molecule has 2 aliphatic heterocycles. The van der Waals surface area contributed by atoms with E-state index in [-0.39, 0.29) is 30.7 Å². The maximum Gasteiger partial charge on any atom is 0.228 e. The first-order valence-corrected chi connectivity index (χ1v) is 9.95. The summed E-state index contributed by atoms with van der Waals surface area (Å²) in [5.74, 6) is 0.194. The van der Waals surface area contributed by atoms with Gasteiger partial charge in [0.05, 0.1) is 17.0 Å².